The molecule has 3 aromatic carbocycles. The van der Waals surface area contributed by atoms with E-state index in [9.17, 15) is 14.7 Å². The third-order valence-electron chi connectivity index (χ3n) is 6.94. The van der Waals surface area contributed by atoms with Crippen molar-refractivity contribution in [3.8, 4) is 0 Å². The standard InChI is InChI=1S/C33H34O9/c1-37-30-26(28(35)29(36)27(34)25-18-12-7-13-19-25)20-32(39-3,41-21-23-14-8-5-9-15-23)33(40-4,31(30)38-2)42-22-24-16-10-6-11-17-24/h5-20,29,36H,21-22H2,1-4H3. The molecule has 3 unspecified atom stereocenters. The number of benzene rings is 3. The Balaban J connectivity index is 1.85. The molecule has 4 rings (SSSR count). The van der Waals surface area contributed by atoms with Crippen molar-refractivity contribution in [1.82, 2.24) is 0 Å². The summed E-state index contributed by atoms with van der Waals surface area (Å²) in [5, 5.41) is 11.0. The summed E-state index contributed by atoms with van der Waals surface area (Å²) in [6.07, 6.45) is -0.749. The van der Waals surface area contributed by atoms with E-state index >= 15 is 0 Å². The molecule has 0 saturated carbocycles. The van der Waals surface area contributed by atoms with Crippen LogP contribution in [0.15, 0.2) is 114 Å². The zero-order valence-electron chi connectivity index (χ0n) is 23.9. The Hall–Kier alpha value is -4.12. The minimum Gasteiger partial charge on any atom is -0.492 e. The van der Waals surface area contributed by atoms with E-state index in [1.165, 1.54) is 46.6 Å². The van der Waals surface area contributed by atoms with Gasteiger partial charge in [-0.05, 0) is 17.2 Å². The van der Waals surface area contributed by atoms with Gasteiger partial charge < -0.3 is 33.5 Å². The van der Waals surface area contributed by atoms with Gasteiger partial charge >= 0.3 is 0 Å². The third-order valence-corrected chi connectivity index (χ3v) is 6.94. The number of carbonyl (C=O) groups excluding carboxylic acids is 2. The maximum Gasteiger partial charge on any atom is 0.292 e. The molecule has 0 spiro atoms. The maximum absolute atomic E-state index is 13.8. The lowest BCUT2D eigenvalue weighted by atomic mass is 9.86. The highest BCUT2D eigenvalue weighted by Gasteiger charge is 2.63. The fourth-order valence-electron chi connectivity index (χ4n) is 4.79. The van der Waals surface area contributed by atoms with E-state index in [4.69, 9.17) is 28.4 Å². The van der Waals surface area contributed by atoms with E-state index in [2.05, 4.69) is 0 Å². The molecule has 9 heteroatoms. The van der Waals surface area contributed by atoms with E-state index in [1.54, 1.807) is 18.2 Å². The Bertz CT molecular complexity index is 1420. The second kappa shape index (κ2) is 13.7. The van der Waals surface area contributed by atoms with Crippen molar-refractivity contribution in [2.45, 2.75) is 30.9 Å². The third kappa shape index (κ3) is 5.92. The van der Waals surface area contributed by atoms with Gasteiger partial charge in [0.25, 0.3) is 11.6 Å². The van der Waals surface area contributed by atoms with Gasteiger partial charge in [-0.15, -0.1) is 0 Å². The summed E-state index contributed by atoms with van der Waals surface area (Å²) in [5.41, 5.74) is 1.56. The number of carbonyl (C=O) groups is 2. The van der Waals surface area contributed by atoms with E-state index in [0.717, 1.165) is 11.1 Å². The summed E-state index contributed by atoms with van der Waals surface area (Å²) in [7, 11) is 5.42. The van der Waals surface area contributed by atoms with E-state index in [1.807, 2.05) is 60.7 Å². The Labute approximate surface area is 244 Å². The van der Waals surface area contributed by atoms with Gasteiger partial charge in [-0.3, -0.25) is 9.59 Å². The Kier molecular flexibility index (Phi) is 10.1. The number of hydrogen-bond donors (Lipinski definition) is 1. The topological polar surface area (TPSA) is 110 Å². The highest BCUT2D eigenvalue weighted by molar-refractivity contribution is 6.19. The van der Waals surface area contributed by atoms with Crippen molar-refractivity contribution in [1.29, 1.82) is 0 Å². The van der Waals surface area contributed by atoms with Crippen molar-refractivity contribution in [3.05, 3.63) is 131 Å². The Morgan fingerprint density at radius 3 is 1.69 bits per heavy atom. The van der Waals surface area contributed by atoms with Crippen molar-refractivity contribution >= 4 is 11.6 Å². The molecule has 0 aliphatic heterocycles. The fourth-order valence-corrected chi connectivity index (χ4v) is 4.79. The maximum atomic E-state index is 13.8. The van der Waals surface area contributed by atoms with Crippen LogP contribution in [0.4, 0.5) is 0 Å². The molecule has 0 aromatic heterocycles. The zero-order chi connectivity index (χ0) is 30.2. The number of aliphatic hydroxyl groups excluding tert-OH is 1. The van der Waals surface area contributed by atoms with Crippen LogP contribution in [0, 0.1) is 0 Å². The van der Waals surface area contributed by atoms with Crippen LogP contribution in [-0.2, 0) is 46.4 Å². The van der Waals surface area contributed by atoms with Gasteiger partial charge in [0.1, 0.15) is 0 Å². The average molecular weight is 575 g/mol. The van der Waals surface area contributed by atoms with Crippen LogP contribution in [0.25, 0.3) is 0 Å². The minimum absolute atomic E-state index is 0.0112. The average Bonchev–Trinajstić information content (AvgIpc) is 3.06. The zero-order valence-corrected chi connectivity index (χ0v) is 23.9. The van der Waals surface area contributed by atoms with Crippen LogP contribution in [0.2, 0.25) is 0 Å². The monoisotopic (exact) mass is 574 g/mol. The van der Waals surface area contributed by atoms with Crippen LogP contribution in [0.3, 0.4) is 0 Å². The molecular weight excluding hydrogens is 540 g/mol. The van der Waals surface area contributed by atoms with Gasteiger partial charge in [-0.25, -0.2) is 0 Å². The van der Waals surface area contributed by atoms with E-state index in [0.29, 0.717) is 0 Å². The summed E-state index contributed by atoms with van der Waals surface area (Å²) in [6.45, 7) is 0.0435. The van der Waals surface area contributed by atoms with Crippen molar-refractivity contribution in [2.75, 3.05) is 28.4 Å². The van der Waals surface area contributed by atoms with Gasteiger partial charge in [0.15, 0.2) is 17.6 Å². The number of ketones is 2. The van der Waals surface area contributed by atoms with Crippen LogP contribution >= 0.6 is 0 Å². The molecule has 0 radical (unpaired) electrons. The van der Waals surface area contributed by atoms with Gasteiger partial charge in [-0.2, -0.15) is 0 Å². The number of rotatable bonds is 14. The molecule has 1 N–H and O–H groups in total. The largest absolute Gasteiger partial charge is 0.492 e. The number of methoxy groups -OCH3 is 4. The molecule has 0 saturated heterocycles. The minimum atomic E-state index is -2.05. The number of Topliss-reactive ketones (excluding diaryl/α,β-unsaturated/α-hetero) is 2. The van der Waals surface area contributed by atoms with Crippen molar-refractivity contribution in [3.63, 3.8) is 0 Å². The predicted molar refractivity (Wildman–Crippen MR) is 153 cm³/mol. The lowest BCUT2D eigenvalue weighted by molar-refractivity contribution is -0.380. The summed E-state index contributed by atoms with van der Waals surface area (Å²) in [6, 6.07) is 26.7. The van der Waals surface area contributed by atoms with Crippen LogP contribution in [0.5, 0.6) is 0 Å². The number of hydrogen-bond acceptors (Lipinski definition) is 9. The fraction of sp³-hybridized carbons (Fsp3) is 0.273. The van der Waals surface area contributed by atoms with Crippen molar-refractivity contribution in [2.24, 2.45) is 0 Å². The smallest absolute Gasteiger partial charge is 0.292 e. The first kappa shape index (κ1) is 30.8. The molecular formula is C33H34O9. The van der Waals surface area contributed by atoms with Gasteiger partial charge in [0.2, 0.25) is 11.5 Å². The summed E-state index contributed by atoms with van der Waals surface area (Å²) in [4.78, 5) is 26.9. The first-order valence-corrected chi connectivity index (χ1v) is 13.2. The van der Waals surface area contributed by atoms with E-state index < -0.39 is 29.2 Å². The van der Waals surface area contributed by atoms with Gasteiger partial charge in [0, 0.05) is 19.8 Å². The SMILES string of the molecule is COC1=C(OC)C(OC)(OCc2ccccc2)C(OC)(OCc2ccccc2)C=C1C(=O)C(O)C(=O)c1ccccc1. The second-order valence-electron chi connectivity index (χ2n) is 9.36. The molecule has 1 aliphatic carbocycles. The molecule has 0 heterocycles. The summed E-state index contributed by atoms with van der Waals surface area (Å²) < 4.78 is 36.3. The number of ether oxygens (including phenoxy) is 6. The summed E-state index contributed by atoms with van der Waals surface area (Å²) >= 11 is 0. The number of allylic oxidation sites excluding steroid dienone is 1. The van der Waals surface area contributed by atoms with Gasteiger partial charge in [0.05, 0.1) is 33.0 Å². The van der Waals surface area contributed by atoms with Crippen LogP contribution in [0.1, 0.15) is 21.5 Å². The molecule has 1 aliphatic rings. The van der Waals surface area contributed by atoms with Crippen LogP contribution < -0.4 is 0 Å². The lowest BCUT2D eigenvalue weighted by Gasteiger charge is -2.48. The number of aliphatic hydroxyl groups is 1. The van der Waals surface area contributed by atoms with Crippen molar-refractivity contribution < 1.29 is 43.1 Å². The highest BCUT2D eigenvalue weighted by Crippen LogP contribution is 2.48. The molecule has 0 amide bonds. The second-order valence-corrected chi connectivity index (χ2v) is 9.36. The molecule has 3 aromatic rings. The first-order valence-electron chi connectivity index (χ1n) is 13.2. The normalized spacial score (nSPS) is 20.9. The predicted octanol–water partition coefficient (Wildman–Crippen LogP) is 4.36. The molecule has 220 valence electrons. The summed E-state index contributed by atoms with van der Waals surface area (Å²) in [5.74, 6) is -5.84. The van der Waals surface area contributed by atoms with Crippen LogP contribution in [-0.4, -0.2) is 62.8 Å². The van der Waals surface area contributed by atoms with Gasteiger partial charge in [-0.1, -0.05) is 91.0 Å². The molecule has 0 bridgehead atoms. The Morgan fingerprint density at radius 1 is 0.690 bits per heavy atom. The molecule has 3 atom stereocenters. The quantitative estimate of drug-likeness (QED) is 0.171. The van der Waals surface area contributed by atoms with E-state index in [-0.39, 0.29) is 35.9 Å². The molecule has 42 heavy (non-hydrogen) atoms. The molecule has 0 fully saturated rings. The Morgan fingerprint density at radius 2 is 1.21 bits per heavy atom. The highest BCUT2D eigenvalue weighted by atomic mass is 16.8. The first-order chi connectivity index (χ1) is 20.4. The lowest BCUT2D eigenvalue weighted by Crippen LogP contribution is -2.62. The molecule has 9 nitrogen and oxygen atoms in total.